The quantitative estimate of drug-likeness (QED) is 0.810. The van der Waals surface area contributed by atoms with Crippen LogP contribution in [0.1, 0.15) is 12.5 Å². The van der Waals surface area contributed by atoms with Gasteiger partial charge in [0.25, 0.3) is 0 Å². The fourth-order valence-corrected chi connectivity index (χ4v) is 1.64. The van der Waals surface area contributed by atoms with E-state index in [2.05, 4.69) is 0 Å². The highest BCUT2D eigenvalue weighted by atomic mass is 19.3. The molecule has 0 amide bonds. The summed E-state index contributed by atoms with van der Waals surface area (Å²) in [5.74, 6) is 0.728. The Hall–Kier alpha value is -1.82. The van der Waals surface area contributed by atoms with Crippen LogP contribution >= 0.6 is 0 Å². The van der Waals surface area contributed by atoms with E-state index in [9.17, 15) is 8.78 Å². The minimum atomic E-state index is -1.94. The summed E-state index contributed by atoms with van der Waals surface area (Å²) < 4.78 is 39.3. The van der Waals surface area contributed by atoms with Gasteiger partial charge in [-0.3, -0.25) is 0 Å². The van der Waals surface area contributed by atoms with Gasteiger partial charge >= 0.3 is 6.08 Å². The second-order valence-corrected chi connectivity index (χ2v) is 4.04. The molecule has 0 aromatic heterocycles. The zero-order chi connectivity index (χ0) is 14.4. The van der Waals surface area contributed by atoms with Crippen LogP contribution in [-0.2, 0) is 6.42 Å². The van der Waals surface area contributed by atoms with Crippen molar-refractivity contribution in [3.8, 4) is 17.2 Å². The monoisotopic (exact) mass is 273 g/mol. The fourth-order valence-electron chi connectivity index (χ4n) is 1.64. The molecule has 0 aliphatic heterocycles. The van der Waals surface area contributed by atoms with Crippen molar-refractivity contribution in [3.05, 3.63) is 30.0 Å². The van der Waals surface area contributed by atoms with Crippen molar-refractivity contribution in [2.75, 3.05) is 14.2 Å². The topological polar surface area (TPSA) is 53.7 Å². The van der Waals surface area contributed by atoms with Gasteiger partial charge in [0.1, 0.15) is 0 Å². The van der Waals surface area contributed by atoms with E-state index in [0.29, 0.717) is 24.2 Å². The van der Waals surface area contributed by atoms with Crippen molar-refractivity contribution >= 4 is 0 Å². The van der Waals surface area contributed by atoms with Crippen molar-refractivity contribution < 1.29 is 23.0 Å². The molecule has 1 atom stereocenters. The first-order valence-corrected chi connectivity index (χ1v) is 5.66. The summed E-state index contributed by atoms with van der Waals surface area (Å²) in [6, 6.07) is 3.33. The molecular formula is C13H17F2NO3. The highest BCUT2D eigenvalue weighted by molar-refractivity contribution is 5.54. The summed E-state index contributed by atoms with van der Waals surface area (Å²) in [5.41, 5.74) is 6.60. The second kappa shape index (κ2) is 6.94. The Morgan fingerprint density at radius 2 is 1.79 bits per heavy atom. The lowest BCUT2D eigenvalue weighted by atomic mass is 10.1. The number of hydrogen-bond acceptors (Lipinski definition) is 4. The van der Waals surface area contributed by atoms with Crippen molar-refractivity contribution in [3.63, 3.8) is 0 Å². The lowest BCUT2D eigenvalue weighted by Crippen LogP contribution is -2.17. The molecule has 0 saturated heterocycles. The van der Waals surface area contributed by atoms with Crippen molar-refractivity contribution in [2.24, 2.45) is 5.73 Å². The molecule has 0 radical (unpaired) electrons. The smallest absolute Gasteiger partial charge is 0.305 e. The maximum atomic E-state index is 12.1. The summed E-state index contributed by atoms with van der Waals surface area (Å²) >= 11 is 0. The van der Waals surface area contributed by atoms with Gasteiger partial charge in [-0.25, -0.2) is 0 Å². The average molecular weight is 273 g/mol. The Balaban J connectivity index is 3.17. The van der Waals surface area contributed by atoms with E-state index in [1.807, 2.05) is 6.92 Å². The number of methoxy groups -OCH3 is 2. The SMILES string of the molecule is COc1cc(CC(C)N)cc(OC)c1OC=C(F)F. The molecule has 0 fully saturated rings. The normalized spacial score (nSPS) is 11.7. The molecule has 19 heavy (non-hydrogen) atoms. The molecule has 4 nitrogen and oxygen atoms in total. The average Bonchev–Trinajstić information content (AvgIpc) is 2.35. The first kappa shape index (κ1) is 15.2. The molecule has 1 rings (SSSR count). The maximum absolute atomic E-state index is 12.1. The van der Waals surface area contributed by atoms with Gasteiger partial charge in [-0.05, 0) is 31.0 Å². The van der Waals surface area contributed by atoms with Crippen LogP contribution < -0.4 is 19.9 Å². The van der Waals surface area contributed by atoms with Crippen LogP contribution in [0.3, 0.4) is 0 Å². The molecule has 106 valence electrons. The first-order chi connectivity index (χ1) is 8.97. The van der Waals surface area contributed by atoms with Gasteiger partial charge in [-0.15, -0.1) is 0 Å². The molecule has 6 heteroatoms. The summed E-state index contributed by atoms with van der Waals surface area (Å²) in [4.78, 5) is 0. The van der Waals surface area contributed by atoms with Crippen LogP contribution in [0.4, 0.5) is 8.78 Å². The van der Waals surface area contributed by atoms with Gasteiger partial charge in [0, 0.05) is 6.04 Å². The van der Waals surface area contributed by atoms with Gasteiger partial charge in [-0.1, -0.05) is 0 Å². The van der Waals surface area contributed by atoms with E-state index >= 15 is 0 Å². The molecule has 0 saturated carbocycles. The molecular weight excluding hydrogens is 256 g/mol. The third-order valence-electron chi connectivity index (χ3n) is 2.34. The molecule has 1 unspecified atom stereocenters. The van der Waals surface area contributed by atoms with Gasteiger partial charge in [0.15, 0.2) is 17.8 Å². The van der Waals surface area contributed by atoms with Crippen LogP contribution in [0.25, 0.3) is 0 Å². The van der Waals surface area contributed by atoms with Gasteiger partial charge in [0.2, 0.25) is 5.75 Å². The summed E-state index contributed by atoms with van der Waals surface area (Å²) in [5, 5.41) is 0. The van der Waals surface area contributed by atoms with E-state index in [-0.39, 0.29) is 11.8 Å². The molecule has 2 N–H and O–H groups in total. The lowest BCUT2D eigenvalue weighted by molar-refractivity contribution is 0.323. The van der Waals surface area contributed by atoms with Gasteiger partial charge < -0.3 is 19.9 Å². The Bertz CT molecular complexity index is 432. The van der Waals surface area contributed by atoms with Gasteiger partial charge in [-0.2, -0.15) is 8.78 Å². The van der Waals surface area contributed by atoms with Crippen molar-refractivity contribution in [1.82, 2.24) is 0 Å². The maximum Gasteiger partial charge on any atom is 0.305 e. The number of benzene rings is 1. The first-order valence-electron chi connectivity index (χ1n) is 5.66. The van der Waals surface area contributed by atoms with Crippen LogP contribution in [0, 0.1) is 0 Å². The zero-order valence-electron chi connectivity index (χ0n) is 11.1. The predicted molar refractivity (Wildman–Crippen MR) is 67.8 cm³/mol. The number of hydrogen-bond donors (Lipinski definition) is 1. The number of halogens is 2. The van der Waals surface area contributed by atoms with Crippen molar-refractivity contribution in [1.29, 1.82) is 0 Å². The van der Waals surface area contributed by atoms with E-state index in [0.717, 1.165) is 5.56 Å². The summed E-state index contributed by atoms with van der Waals surface area (Å²) in [7, 11) is 2.85. The van der Waals surface area contributed by atoms with Crippen LogP contribution in [0.15, 0.2) is 24.5 Å². The standard InChI is InChI=1S/C13H17F2NO3/c1-8(16)4-9-5-10(17-2)13(11(6-9)18-3)19-7-12(14)15/h5-8H,4,16H2,1-3H3. The second-order valence-electron chi connectivity index (χ2n) is 4.04. The van der Waals surface area contributed by atoms with Gasteiger partial charge in [0.05, 0.1) is 14.2 Å². The van der Waals surface area contributed by atoms with Crippen molar-refractivity contribution in [2.45, 2.75) is 19.4 Å². The summed E-state index contributed by atoms with van der Waals surface area (Å²) in [6.45, 7) is 1.87. The third kappa shape index (κ3) is 4.40. The van der Waals surface area contributed by atoms with E-state index in [1.54, 1.807) is 12.1 Å². The third-order valence-corrected chi connectivity index (χ3v) is 2.34. The Morgan fingerprint density at radius 1 is 1.26 bits per heavy atom. The molecule has 0 aliphatic carbocycles. The number of nitrogens with two attached hydrogens (primary N) is 1. The molecule has 0 aliphatic rings. The van der Waals surface area contributed by atoms with E-state index in [1.165, 1.54) is 14.2 Å². The lowest BCUT2D eigenvalue weighted by Gasteiger charge is -2.15. The largest absolute Gasteiger partial charge is 0.493 e. The molecule has 0 bridgehead atoms. The predicted octanol–water partition coefficient (Wildman–Crippen LogP) is 2.71. The highest BCUT2D eigenvalue weighted by Crippen LogP contribution is 2.39. The highest BCUT2D eigenvalue weighted by Gasteiger charge is 2.14. The molecule has 1 aromatic rings. The van der Waals surface area contributed by atoms with Crippen LogP contribution in [-0.4, -0.2) is 20.3 Å². The Morgan fingerprint density at radius 3 is 2.16 bits per heavy atom. The molecule has 0 heterocycles. The molecule has 1 aromatic carbocycles. The Kier molecular flexibility index (Phi) is 5.57. The molecule has 0 spiro atoms. The summed E-state index contributed by atoms with van der Waals surface area (Å²) in [6.07, 6.45) is -0.991. The minimum Gasteiger partial charge on any atom is -0.493 e. The number of rotatable bonds is 6. The van der Waals surface area contributed by atoms with E-state index in [4.69, 9.17) is 19.9 Å². The van der Waals surface area contributed by atoms with Crippen LogP contribution in [0.2, 0.25) is 0 Å². The number of ether oxygens (including phenoxy) is 3. The minimum absolute atomic E-state index is 0.0376. The Labute approximate surface area is 110 Å². The van der Waals surface area contributed by atoms with Crippen LogP contribution in [0.5, 0.6) is 17.2 Å². The van der Waals surface area contributed by atoms with E-state index < -0.39 is 6.08 Å². The fraction of sp³-hybridized carbons (Fsp3) is 0.385. The zero-order valence-corrected chi connectivity index (χ0v) is 11.1.